The Balaban J connectivity index is 2.90. The number of sulfonamides is 1. The van der Waals surface area contributed by atoms with E-state index in [1.54, 1.807) is 0 Å². The third kappa shape index (κ3) is 5.85. The van der Waals surface area contributed by atoms with E-state index in [9.17, 15) is 13.2 Å². The third-order valence-corrected chi connectivity index (χ3v) is 3.75. The maximum Gasteiger partial charge on any atom is 0.243 e. The van der Waals surface area contributed by atoms with Crippen LogP contribution in [0.2, 0.25) is 0 Å². The van der Waals surface area contributed by atoms with Gasteiger partial charge in [-0.15, -0.1) is 0 Å². The summed E-state index contributed by atoms with van der Waals surface area (Å²) in [7, 11) is -3.47. The molecule has 1 amide bonds. The number of hydrogen-bond acceptors (Lipinski definition) is 3. The van der Waals surface area contributed by atoms with Crippen molar-refractivity contribution in [1.82, 2.24) is 4.72 Å². The lowest BCUT2D eigenvalue weighted by Crippen LogP contribution is -2.51. The second-order valence-corrected chi connectivity index (χ2v) is 8.01. The molecule has 0 aliphatic rings. The van der Waals surface area contributed by atoms with Crippen LogP contribution in [-0.4, -0.2) is 26.6 Å². The average Bonchev–Trinajstić information content (AvgIpc) is 2.34. The predicted molar refractivity (Wildman–Crippen MR) is 85.7 cm³/mol. The fourth-order valence-electron chi connectivity index (χ4n) is 1.88. The van der Waals surface area contributed by atoms with E-state index in [1.165, 1.54) is 5.56 Å². The summed E-state index contributed by atoms with van der Waals surface area (Å²) in [6.45, 7) is 7.50. The van der Waals surface area contributed by atoms with E-state index in [0.29, 0.717) is 5.69 Å². The number of rotatable bonds is 5. The van der Waals surface area contributed by atoms with Crippen LogP contribution in [-0.2, 0) is 21.2 Å². The first-order chi connectivity index (χ1) is 9.53. The Morgan fingerprint density at radius 3 is 2.10 bits per heavy atom. The van der Waals surface area contributed by atoms with E-state index < -0.39 is 21.5 Å². The summed E-state index contributed by atoms with van der Waals surface area (Å²) in [6, 6.07) is 6.67. The Labute approximate surface area is 127 Å². The lowest BCUT2D eigenvalue weighted by molar-refractivity contribution is -0.119. The summed E-state index contributed by atoms with van der Waals surface area (Å²) in [5.41, 5.74) is 1.30. The molecule has 1 atom stereocenters. The topological polar surface area (TPSA) is 75.3 Å². The van der Waals surface area contributed by atoms with Crippen LogP contribution in [0.3, 0.4) is 0 Å². The molecule has 0 aromatic heterocycles. The summed E-state index contributed by atoms with van der Waals surface area (Å²) in [5.74, 6) is -0.364. The molecule has 21 heavy (non-hydrogen) atoms. The van der Waals surface area contributed by atoms with Crippen molar-refractivity contribution in [2.24, 2.45) is 5.41 Å². The van der Waals surface area contributed by atoms with Crippen molar-refractivity contribution in [2.45, 2.75) is 40.2 Å². The van der Waals surface area contributed by atoms with Crippen molar-refractivity contribution in [3.63, 3.8) is 0 Å². The first-order valence-electron chi connectivity index (χ1n) is 6.90. The van der Waals surface area contributed by atoms with Crippen LogP contribution in [0.25, 0.3) is 0 Å². The predicted octanol–water partition coefficient (Wildman–Crippen LogP) is 2.15. The number of aryl methyl sites for hydroxylation is 1. The van der Waals surface area contributed by atoms with Gasteiger partial charge in [-0.25, -0.2) is 13.1 Å². The van der Waals surface area contributed by atoms with Crippen molar-refractivity contribution in [3.05, 3.63) is 29.8 Å². The largest absolute Gasteiger partial charge is 0.325 e. The average molecular weight is 312 g/mol. The van der Waals surface area contributed by atoms with Crippen LogP contribution >= 0.6 is 0 Å². The lowest BCUT2D eigenvalue weighted by Gasteiger charge is -2.29. The molecule has 0 saturated heterocycles. The molecule has 1 aromatic carbocycles. The highest BCUT2D eigenvalue weighted by molar-refractivity contribution is 7.88. The van der Waals surface area contributed by atoms with E-state index in [0.717, 1.165) is 12.7 Å². The van der Waals surface area contributed by atoms with Crippen molar-refractivity contribution in [1.29, 1.82) is 0 Å². The highest BCUT2D eigenvalue weighted by Gasteiger charge is 2.33. The van der Waals surface area contributed by atoms with Gasteiger partial charge in [0.05, 0.1) is 6.26 Å². The number of carbonyl (C=O) groups excluding carboxylic acids is 1. The van der Waals surface area contributed by atoms with Gasteiger partial charge in [-0.2, -0.15) is 0 Å². The van der Waals surface area contributed by atoms with E-state index in [4.69, 9.17) is 0 Å². The molecule has 2 N–H and O–H groups in total. The molecule has 1 rings (SSSR count). The molecule has 118 valence electrons. The Morgan fingerprint density at radius 2 is 1.71 bits per heavy atom. The normalized spacial score (nSPS) is 13.8. The van der Waals surface area contributed by atoms with Crippen molar-refractivity contribution >= 4 is 21.6 Å². The van der Waals surface area contributed by atoms with Crippen molar-refractivity contribution in [2.75, 3.05) is 11.6 Å². The minimum Gasteiger partial charge on any atom is -0.325 e. The van der Waals surface area contributed by atoms with Gasteiger partial charge in [-0.05, 0) is 29.5 Å². The number of hydrogen-bond donors (Lipinski definition) is 2. The van der Waals surface area contributed by atoms with Crippen LogP contribution in [0.4, 0.5) is 5.69 Å². The van der Waals surface area contributed by atoms with E-state index in [-0.39, 0.29) is 5.91 Å². The molecule has 0 bridgehead atoms. The molecular formula is C15H24N2O3S. The maximum absolute atomic E-state index is 12.4. The smallest absolute Gasteiger partial charge is 0.243 e. The monoisotopic (exact) mass is 312 g/mol. The number of anilines is 1. The highest BCUT2D eigenvalue weighted by atomic mass is 32.2. The van der Waals surface area contributed by atoms with Crippen LogP contribution in [0, 0.1) is 5.41 Å². The summed E-state index contributed by atoms with van der Waals surface area (Å²) < 4.78 is 25.3. The Bertz CT molecular complexity index is 586. The van der Waals surface area contributed by atoms with Crippen LogP contribution in [0.15, 0.2) is 24.3 Å². The van der Waals surface area contributed by atoms with Gasteiger partial charge >= 0.3 is 0 Å². The van der Waals surface area contributed by atoms with Gasteiger partial charge in [0.1, 0.15) is 6.04 Å². The zero-order valence-corrected chi connectivity index (χ0v) is 14.0. The number of carbonyl (C=O) groups is 1. The van der Waals surface area contributed by atoms with Crippen molar-refractivity contribution in [3.8, 4) is 0 Å². The van der Waals surface area contributed by atoms with Crippen LogP contribution < -0.4 is 10.0 Å². The molecule has 0 fully saturated rings. The summed E-state index contributed by atoms with van der Waals surface area (Å²) in [4.78, 5) is 12.4. The molecule has 0 unspecified atom stereocenters. The molecule has 0 saturated carbocycles. The molecule has 1 aromatic rings. The minimum absolute atomic E-state index is 0.364. The lowest BCUT2D eigenvalue weighted by atomic mass is 9.87. The van der Waals surface area contributed by atoms with Gasteiger partial charge in [-0.1, -0.05) is 39.8 Å². The highest BCUT2D eigenvalue weighted by Crippen LogP contribution is 2.21. The van der Waals surface area contributed by atoms with E-state index in [2.05, 4.69) is 17.0 Å². The third-order valence-electron chi connectivity index (χ3n) is 3.09. The number of benzene rings is 1. The SMILES string of the molecule is CCc1ccc(NC(=O)[C@H](NS(C)(=O)=O)C(C)(C)C)cc1. The molecule has 0 spiro atoms. The van der Waals surface area contributed by atoms with Crippen molar-refractivity contribution < 1.29 is 13.2 Å². The number of amides is 1. The zero-order valence-electron chi connectivity index (χ0n) is 13.2. The molecule has 0 heterocycles. The Kier molecular flexibility index (Phi) is 5.53. The zero-order chi connectivity index (χ0) is 16.3. The van der Waals surface area contributed by atoms with Crippen LogP contribution in [0.1, 0.15) is 33.3 Å². The Morgan fingerprint density at radius 1 is 1.19 bits per heavy atom. The first-order valence-corrected chi connectivity index (χ1v) is 8.79. The van der Waals surface area contributed by atoms with Crippen LogP contribution in [0.5, 0.6) is 0 Å². The van der Waals surface area contributed by atoms with Gasteiger partial charge in [0.2, 0.25) is 15.9 Å². The quantitative estimate of drug-likeness (QED) is 0.875. The summed E-state index contributed by atoms with van der Waals surface area (Å²) in [6.07, 6.45) is 1.98. The molecular weight excluding hydrogens is 288 g/mol. The second-order valence-electron chi connectivity index (χ2n) is 6.23. The summed E-state index contributed by atoms with van der Waals surface area (Å²) in [5, 5.41) is 2.76. The van der Waals surface area contributed by atoms with Gasteiger partial charge in [-0.3, -0.25) is 4.79 Å². The molecule has 6 heteroatoms. The second kappa shape index (κ2) is 6.58. The molecule has 5 nitrogen and oxygen atoms in total. The Hall–Kier alpha value is -1.40. The molecule has 0 aliphatic heterocycles. The molecule has 0 aliphatic carbocycles. The van der Waals surface area contributed by atoms with E-state index in [1.807, 2.05) is 45.0 Å². The van der Waals surface area contributed by atoms with Gasteiger partial charge in [0, 0.05) is 5.69 Å². The summed E-state index contributed by atoms with van der Waals surface area (Å²) >= 11 is 0. The van der Waals surface area contributed by atoms with Gasteiger partial charge < -0.3 is 5.32 Å². The fourth-order valence-corrected chi connectivity index (χ4v) is 2.76. The standard InChI is InChI=1S/C15H24N2O3S/c1-6-11-7-9-12(10-8-11)16-14(18)13(15(2,3)4)17-21(5,19)20/h7-10,13,17H,6H2,1-5H3,(H,16,18)/t13-/m0/s1. The van der Waals surface area contributed by atoms with Gasteiger partial charge in [0.15, 0.2) is 0 Å². The fraction of sp³-hybridized carbons (Fsp3) is 0.533. The molecule has 0 radical (unpaired) electrons. The number of nitrogens with one attached hydrogen (secondary N) is 2. The minimum atomic E-state index is -3.47. The maximum atomic E-state index is 12.4. The van der Waals surface area contributed by atoms with E-state index >= 15 is 0 Å². The first kappa shape index (κ1) is 17.7. The van der Waals surface area contributed by atoms with Gasteiger partial charge in [0.25, 0.3) is 0 Å².